The molecule has 0 aliphatic carbocycles. The van der Waals surface area contributed by atoms with Gasteiger partial charge in [0, 0.05) is 15.8 Å². The van der Waals surface area contributed by atoms with Crippen LogP contribution in [0.2, 0.25) is 0 Å². The monoisotopic (exact) mass is 413 g/mol. The Morgan fingerprint density at radius 2 is 1.77 bits per heavy atom. The minimum Gasteiger partial charge on any atom is -0.497 e. The van der Waals surface area contributed by atoms with Crippen LogP contribution in [0.15, 0.2) is 66.0 Å². The minimum absolute atomic E-state index is 0.737. The van der Waals surface area contributed by atoms with Crippen molar-refractivity contribution in [3.63, 3.8) is 0 Å². The summed E-state index contributed by atoms with van der Waals surface area (Å²) in [5.41, 5.74) is 6.87. The van der Waals surface area contributed by atoms with Crippen molar-refractivity contribution in [3.05, 3.63) is 82.7 Å². The van der Waals surface area contributed by atoms with Crippen molar-refractivity contribution in [2.75, 3.05) is 12.4 Å². The number of aryl methyl sites for hydroxylation is 2. The molecule has 0 aliphatic heterocycles. The summed E-state index contributed by atoms with van der Waals surface area (Å²) < 4.78 is 8.97. The van der Waals surface area contributed by atoms with Gasteiger partial charge in [-0.15, -0.1) is 11.3 Å². The molecule has 4 nitrogen and oxygen atoms in total. The zero-order valence-corrected chi connectivity index (χ0v) is 18.1. The van der Waals surface area contributed by atoms with E-state index in [-0.39, 0.29) is 0 Å². The maximum atomic E-state index is 5.45. The number of methoxy groups -OCH3 is 1. The SMILES string of the molecule is COc1ccc2scc(Cn3c(Nc4ccc(C)cc4)nc4cc(C)ccc43)c2c1. The Hall–Kier alpha value is -3.31. The van der Waals surface area contributed by atoms with E-state index in [9.17, 15) is 0 Å². The molecule has 1 N–H and O–H groups in total. The lowest BCUT2D eigenvalue weighted by Crippen LogP contribution is -2.05. The van der Waals surface area contributed by atoms with Crippen molar-refractivity contribution >= 4 is 44.1 Å². The summed E-state index contributed by atoms with van der Waals surface area (Å²) in [5, 5.41) is 6.99. The summed E-state index contributed by atoms with van der Waals surface area (Å²) in [5.74, 6) is 1.73. The lowest BCUT2D eigenvalue weighted by molar-refractivity contribution is 0.415. The van der Waals surface area contributed by atoms with Gasteiger partial charge in [-0.2, -0.15) is 0 Å². The molecule has 150 valence electrons. The topological polar surface area (TPSA) is 39.1 Å². The second kappa shape index (κ2) is 7.50. The average Bonchev–Trinajstić information content (AvgIpc) is 3.30. The van der Waals surface area contributed by atoms with Gasteiger partial charge in [0.1, 0.15) is 5.75 Å². The molecule has 0 radical (unpaired) electrons. The van der Waals surface area contributed by atoms with E-state index in [4.69, 9.17) is 9.72 Å². The number of imidazole rings is 1. The molecular formula is C25H23N3OS. The predicted molar refractivity (Wildman–Crippen MR) is 126 cm³/mol. The van der Waals surface area contributed by atoms with E-state index in [0.29, 0.717) is 0 Å². The Balaban J connectivity index is 1.61. The van der Waals surface area contributed by atoms with Crippen LogP contribution in [0.25, 0.3) is 21.1 Å². The molecule has 0 fully saturated rings. The maximum absolute atomic E-state index is 5.45. The largest absolute Gasteiger partial charge is 0.497 e. The third-order valence-electron chi connectivity index (χ3n) is 5.40. The maximum Gasteiger partial charge on any atom is 0.208 e. The highest BCUT2D eigenvalue weighted by atomic mass is 32.1. The van der Waals surface area contributed by atoms with Crippen molar-refractivity contribution in [2.45, 2.75) is 20.4 Å². The summed E-state index contributed by atoms with van der Waals surface area (Å²) in [6, 6.07) is 21.1. The number of hydrogen-bond donors (Lipinski definition) is 1. The zero-order chi connectivity index (χ0) is 20.7. The van der Waals surface area contributed by atoms with Gasteiger partial charge in [-0.25, -0.2) is 4.98 Å². The van der Waals surface area contributed by atoms with Gasteiger partial charge in [-0.05, 0) is 72.8 Å². The number of aromatic nitrogens is 2. The molecule has 0 saturated carbocycles. The van der Waals surface area contributed by atoms with Crippen LogP contribution < -0.4 is 10.1 Å². The van der Waals surface area contributed by atoms with Crippen molar-refractivity contribution in [2.24, 2.45) is 0 Å². The van der Waals surface area contributed by atoms with Gasteiger partial charge in [0.25, 0.3) is 0 Å². The number of nitrogens with zero attached hydrogens (tertiary/aromatic N) is 2. The van der Waals surface area contributed by atoms with Gasteiger partial charge in [-0.1, -0.05) is 23.8 Å². The molecule has 0 saturated heterocycles. The molecule has 0 bridgehead atoms. The number of anilines is 2. The molecule has 0 amide bonds. The Bertz CT molecular complexity index is 1350. The highest BCUT2D eigenvalue weighted by Crippen LogP contribution is 2.32. The second-order valence-corrected chi connectivity index (χ2v) is 8.54. The third kappa shape index (κ3) is 3.42. The van der Waals surface area contributed by atoms with Gasteiger partial charge in [0.15, 0.2) is 0 Å². The highest BCUT2D eigenvalue weighted by Gasteiger charge is 2.14. The molecule has 30 heavy (non-hydrogen) atoms. The van der Waals surface area contributed by atoms with Gasteiger partial charge in [0.2, 0.25) is 5.95 Å². The Morgan fingerprint density at radius 3 is 2.57 bits per heavy atom. The van der Waals surface area contributed by atoms with Gasteiger partial charge < -0.3 is 14.6 Å². The molecule has 5 rings (SSSR count). The molecular weight excluding hydrogens is 390 g/mol. The fourth-order valence-electron chi connectivity index (χ4n) is 3.74. The van der Waals surface area contributed by atoms with Crippen LogP contribution in [0.1, 0.15) is 16.7 Å². The molecule has 0 spiro atoms. The molecule has 0 atom stereocenters. The molecule has 3 aromatic carbocycles. The number of hydrogen-bond acceptors (Lipinski definition) is 4. The summed E-state index contributed by atoms with van der Waals surface area (Å²) in [4.78, 5) is 4.92. The summed E-state index contributed by atoms with van der Waals surface area (Å²) in [7, 11) is 1.71. The second-order valence-electron chi connectivity index (χ2n) is 7.63. The molecule has 0 aliphatic rings. The van der Waals surface area contributed by atoms with Crippen LogP contribution in [0.5, 0.6) is 5.75 Å². The average molecular weight is 414 g/mol. The molecule has 2 heterocycles. The Labute approximate surface area is 179 Å². The van der Waals surface area contributed by atoms with E-state index in [1.807, 2.05) is 6.07 Å². The van der Waals surface area contributed by atoms with Crippen LogP contribution >= 0.6 is 11.3 Å². The summed E-state index contributed by atoms with van der Waals surface area (Å²) >= 11 is 1.76. The Morgan fingerprint density at radius 1 is 0.967 bits per heavy atom. The van der Waals surface area contributed by atoms with Crippen molar-refractivity contribution in [1.82, 2.24) is 9.55 Å². The van der Waals surface area contributed by atoms with E-state index in [1.54, 1.807) is 18.4 Å². The molecule has 5 heteroatoms. The van der Waals surface area contributed by atoms with E-state index >= 15 is 0 Å². The van der Waals surface area contributed by atoms with Crippen LogP contribution in [0.3, 0.4) is 0 Å². The first-order valence-corrected chi connectivity index (χ1v) is 10.8. The summed E-state index contributed by atoms with van der Waals surface area (Å²) in [6.07, 6.45) is 0. The molecule has 2 aromatic heterocycles. The van der Waals surface area contributed by atoms with Gasteiger partial charge >= 0.3 is 0 Å². The van der Waals surface area contributed by atoms with Crippen molar-refractivity contribution in [1.29, 1.82) is 0 Å². The number of fused-ring (bicyclic) bond motifs is 2. The lowest BCUT2D eigenvalue weighted by Gasteiger charge is -2.11. The minimum atomic E-state index is 0.737. The van der Waals surface area contributed by atoms with Crippen LogP contribution in [-0.4, -0.2) is 16.7 Å². The van der Waals surface area contributed by atoms with Crippen molar-refractivity contribution < 1.29 is 4.74 Å². The van der Waals surface area contributed by atoms with Gasteiger partial charge in [-0.3, -0.25) is 0 Å². The van der Waals surface area contributed by atoms with Crippen LogP contribution in [0, 0.1) is 13.8 Å². The zero-order valence-electron chi connectivity index (χ0n) is 17.3. The number of ether oxygens (including phenoxy) is 1. The fraction of sp³-hybridized carbons (Fsp3) is 0.160. The number of benzene rings is 3. The van der Waals surface area contributed by atoms with E-state index in [1.165, 1.54) is 26.8 Å². The predicted octanol–water partition coefficient (Wildman–Crippen LogP) is 6.67. The van der Waals surface area contributed by atoms with Gasteiger partial charge in [0.05, 0.1) is 24.7 Å². The quantitative estimate of drug-likeness (QED) is 0.350. The first-order chi connectivity index (χ1) is 14.6. The fourth-order valence-corrected chi connectivity index (χ4v) is 4.68. The Kier molecular flexibility index (Phi) is 4.68. The standard InChI is InChI=1S/C25H23N3OS/c1-16-4-7-19(8-5-16)26-25-27-22-12-17(2)6-10-23(22)28(25)14-18-15-30-24-11-9-20(29-3)13-21(18)24/h4-13,15H,14H2,1-3H3,(H,26,27). The molecule has 0 unspecified atom stereocenters. The van der Waals surface area contributed by atoms with E-state index in [2.05, 4.69) is 83.7 Å². The van der Waals surface area contributed by atoms with E-state index in [0.717, 1.165) is 35.0 Å². The first kappa shape index (κ1) is 18.7. The first-order valence-electron chi connectivity index (χ1n) is 9.95. The van der Waals surface area contributed by atoms with Crippen LogP contribution in [0.4, 0.5) is 11.6 Å². The third-order valence-corrected chi connectivity index (χ3v) is 6.41. The summed E-state index contributed by atoms with van der Waals surface area (Å²) in [6.45, 7) is 4.93. The highest BCUT2D eigenvalue weighted by molar-refractivity contribution is 7.17. The number of nitrogens with one attached hydrogen (secondary N) is 1. The van der Waals surface area contributed by atoms with Crippen molar-refractivity contribution in [3.8, 4) is 5.75 Å². The normalized spacial score (nSPS) is 11.3. The number of rotatable bonds is 5. The smallest absolute Gasteiger partial charge is 0.208 e. The molecule has 5 aromatic rings. The van der Waals surface area contributed by atoms with E-state index < -0.39 is 0 Å². The van der Waals surface area contributed by atoms with Crippen LogP contribution in [-0.2, 0) is 6.54 Å². The lowest BCUT2D eigenvalue weighted by atomic mass is 10.1. The number of thiophene rings is 1.